The molecule has 0 fully saturated rings. The Kier molecular flexibility index (Phi) is 5.35. The number of hydrogen-bond acceptors (Lipinski definition) is 5. The van der Waals surface area contributed by atoms with Gasteiger partial charge >= 0.3 is 0 Å². The van der Waals surface area contributed by atoms with Crippen LogP contribution < -0.4 is 5.32 Å². The van der Waals surface area contributed by atoms with E-state index in [1.807, 2.05) is 26.2 Å². The number of nitriles is 1. The first-order valence-electron chi connectivity index (χ1n) is 7.61. The number of benzene rings is 1. The van der Waals surface area contributed by atoms with Crippen LogP contribution in [0.2, 0.25) is 0 Å². The number of nitrogens with one attached hydrogen (secondary N) is 1. The first kappa shape index (κ1) is 19.2. The average Bonchev–Trinajstić information content (AvgIpc) is 2.89. The lowest BCUT2D eigenvalue weighted by Gasteiger charge is -2.17. The van der Waals surface area contributed by atoms with Gasteiger partial charge in [-0.15, -0.1) is 11.3 Å². The topological polar surface area (TPSA) is 87.0 Å². The van der Waals surface area contributed by atoms with Gasteiger partial charge in [0.05, 0.1) is 11.3 Å². The van der Waals surface area contributed by atoms with Gasteiger partial charge in [-0.1, -0.05) is 32.9 Å². The Bertz CT molecular complexity index is 928. The third-order valence-electron chi connectivity index (χ3n) is 3.58. The first-order valence-corrected chi connectivity index (χ1v) is 10.6. The van der Waals surface area contributed by atoms with Crippen molar-refractivity contribution < 1.29 is 13.2 Å². The molecule has 25 heavy (non-hydrogen) atoms. The molecule has 2 rings (SSSR count). The maximum absolute atomic E-state index is 12.4. The summed E-state index contributed by atoms with van der Waals surface area (Å²) < 4.78 is 22.6. The first-order chi connectivity index (χ1) is 11.5. The van der Waals surface area contributed by atoms with E-state index in [4.69, 9.17) is 0 Å². The molecular weight excluding hydrogens is 356 g/mol. The highest BCUT2D eigenvalue weighted by Gasteiger charge is 2.23. The number of hydrogen-bond donors (Lipinski definition) is 1. The van der Waals surface area contributed by atoms with Crippen molar-refractivity contribution >= 4 is 32.1 Å². The van der Waals surface area contributed by atoms with E-state index in [-0.39, 0.29) is 17.1 Å². The van der Waals surface area contributed by atoms with Gasteiger partial charge in [0.1, 0.15) is 11.1 Å². The van der Waals surface area contributed by atoms with Crippen molar-refractivity contribution in [3.05, 3.63) is 51.9 Å². The van der Waals surface area contributed by atoms with Gasteiger partial charge in [-0.3, -0.25) is 4.79 Å². The highest BCUT2D eigenvalue weighted by molar-refractivity contribution is 7.89. The molecule has 0 aliphatic carbocycles. The van der Waals surface area contributed by atoms with Crippen LogP contribution in [0.25, 0.3) is 0 Å². The minimum Gasteiger partial charge on any atom is -0.312 e. The molecule has 7 heteroatoms. The molecule has 1 aromatic carbocycles. The maximum atomic E-state index is 12.4. The molecule has 0 atom stereocenters. The van der Waals surface area contributed by atoms with Gasteiger partial charge in [0.2, 0.25) is 0 Å². The Hall–Kier alpha value is -2.17. The minimum atomic E-state index is -3.11. The summed E-state index contributed by atoms with van der Waals surface area (Å²) in [4.78, 5) is 12.4. The fourth-order valence-electron chi connectivity index (χ4n) is 2.34. The van der Waals surface area contributed by atoms with Gasteiger partial charge < -0.3 is 5.32 Å². The Morgan fingerprint density at radius 1 is 1.24 bits per heavy atom. The van der Waals surface area contributed by atoms with Crippen molar-refractivity contribution in [2.45, 2.75) is 31.9 Å². The van der Waals surface area contributed by atoms with Gasteiger partial charge in [-0.05, 0) is 34.1 Å². The van der Waals surface area contributed by atoms with Gasteiger partial charge in [-0.25, -0.2) is 8.42 Å². The standard InChI is InChI=1S/C18H20N2O3S2/c1-18(2,3)15-10-24-17(14(15)9-19)20-16(21)13-7-5-12(6-8-13)11-25(4,22)23/h5-8,10H,11H2,1-4H3,(H,20,21). The lowest BCUT2D eigenvalue weighted by molar-refractivity contribution is 0.102. The smallest absolute Gasteiger partial charge is 0.256 e. The molecule has 0 aliphatic heterocycles. The van der Waals surface area contributed by atoms with Crippen LogP contribution in [-0.4, -0.2) is 20.6 Å². The predicted octanol–water partition coefficient (Wildman–Crippen LogP) is 3.71. The number of carbonyl (C=O) groups excluding carboxylic acids is 1. The van der Waals surface area contributed by atoms with E-state index in [0.29, 0.717) is 21.7 Å². The van der Waals surface area contributed by atoms with Crippen molar-refractivity contribution in [3.63, 3.8) is 0 Å². The van der Waals surface area contributed by atoms with Crippen LogP contribution in [0.3, 0.4) is 0 Å². The average molecular weight is 377 g/mol. The third-order valence-corrected chi connectivity index (χ3v) is 5.34. The lowest BCUT2D eigenvalue weighted by Crippen LogP contribution is -2.14. The van der Waals surface area contributed by atoms with E-state index < -0.39 is 9.84 Å². The van der Waals surface area contributed by atoms with Crippen molar-refractivity contribution in [1.29, 1.82) is 5.26 Å². The summed E-state index contributed by atoms with van der Waals surface area (Å²) in [6.45, 7) is 6.05. The largest absolute Gasteiger partial charge is 0.312 e. The number of sulfone groups is 1. The Labute approximate surface area is 152 Å². The number of nitrogens with zero attached hydrogens (tertiary/aromatic N) is 1. The Balaban J connectivity index is 2.21. The van der Waals surface area contributed by atoms with E-state index in [1.54, 1.807) is 24.3 Å². The quantitative estimate of drug-likeness (QED) is 0.881. The number of rotatable bonds is 4. The van der Waals surface area contributed by atoms with E-state index in [0.717, 1.165) is 5.56 Å². The van der Waals surface area contributed by atoms with E-state index in [2.05, 4.69) is 11.4 Å². The van der Waals surface area contributed by atoms with Crippen LogP contribution >= 0.6 is 11.3 Å². The van der Waals surface area contributed by atoms with E-state index >= 15 is 0 Å². The third kappa shape index (κ3) is 4.91. The molecule has 1 heterocycles. The monoisotopic (exact) mass is 376 g/mol. The van der Waals surface area contributed by atoms with Crippen molar-refractivity contribution in [2.24, 2.45) is 0 Å². The second kappa shape index (κ2) is 6.98. The molecule has 0 unspecified atom stereocenters. The van der Waals surface area contributed by atoms with Crippen LogP contribution in [0, 0.1) is 11.3 Å². The van der Waals surface area contributed by atoms with Gasteiger partial charge in [-0.2, -0.15) is 5.26 Å². The van der Waals surface area contributed by atoms with Gasteiger partial charge in [0.25, 0.3) is 5.91 Å². The number of amides is 1. The lowest BCUT2D eigenvalue weighted by atomic mass is 9.86. The summed E-state index contributed by atoms with van der Waals surface area (Å²) in [5.41, 5.74) is 2.24. The SMILES string of the molecule is CC(C)(C)c1csc(NC(=O)c2ccc(CS(C)(=O)=O)cc2)c1C#N. The van der Waals surface area contributed by atoms with Crippen LogP contribution in [0.4, 0.5) is 5.00 Å². The van der Waals surface area contributed by atoms with Crippen molar-refractivity contribution in [1.82, 2.24) is 0 Å². The summed E-state index contributed by atoms with van der Waals surface area (Å²) in [5, 5.41) is 14.6. The normalized spacial score (nSPS) is 11.8. The molecule has 1 N–H and O–H groups in total. The highest BCUT2D eigenvalue weighted by Crippen LogP contribution is 2.35. The highest BCUT2D eigenvalue weighted by atomic mass is 32.2. The summed E-state index contributed by atoms with van der Waals surface area (Å²) in [7, 11) is -3.11. The summed E-state index contributed by atoms with van der Waals surface area (Å²) in [5.74, 6) is -0.391. The molecule has 1 aromatic heterocycles. The molecule has 0 saturated heterocycles. The molecular formula is C18H20N2O3S2. The van der Waals surface area contributed by atoms with Crippen molar-refractivity contribution in [2.75, 3.05) is 11.6 Å². The number of anilines is 1. The second-order valence-corrected chi connectivity index (χ2v) is 9.96. The summed E-state index contributed by atoms with van der Waals surface area (Å²) in [6.07, 6.45) is 1.17. The zero-order chi connectivity index (χ0) is 18.8. The van der Waals surface area contributed by atoms with Crippen LogP contribution in [-0.2, 0) is 21.0 Å². The number of thiophene rings is 1. The Morgan fingerprint density at radius 3 is 2.32 bits per heavy atom. The molecule has 1 amide bonds. The molecule has 0 radical (unpaired) electrons. The van der Waals surface area contributed by atoms with E-state index in [1.165, 1.54) is 17.6 Å². The van der Waals surface area contributed by atoms with Crippen LogP contribution in [0.1, 0.15) is 47.8 Å². The molecule has 5 nitrogen and oxygen atoms in total. The molecule has 0 aliphatic rings. The fraction of sp³-hybridized carbons (Fsp3) is 0.333. The second-order valence-electron chi connectivity index (χ2n) is 6.94. The van der Waals surface area contributed by atoms with Crippen LogP contribution in [0.5, 0.6) is 0 Å². The van der Waals surface area contributed by atoms with Crippen LogP contribution in [0.15, 0.2) is 29.6 Å². The maximum Gasteiger partial charge on any atom is 0.256 e. The van der Waals surface area contributed by atoms with E-state index in [9.17, 15) is 18.5 Å². The molecule has 132 valence electrons. The molecule has 0 spiro atoms. The fourth-order valence-corrected chi connectivity index (χ4v) is 4.27. The zero-order valence-electron chi connectivity index (χ0n) is 14.6. The molecule has 0 saturated carbocycles. The molecule has 2 aromatic rings. The van der Waals surface area contributed by atoms with Crippen molar-refractivity contribution in [3.8, 4) is 6.07 Å². The van der Waals surface area contributed by atoms with Gasteiger partial charge in [0, 0.05) is 11.8 Å². The van der Waals surface area contributed by atoms with Gasteiger partial charge in [0.15, 0.2) is 9.84 Å². The summed E-state index contributed by atoms with van der Waals surface area (Å²) in [6, 6.07) is 8.58. The summed E-state index contributed by atoms with van der Waals surface area (Å²) >= 11 is 1.33. The molecule has 0 bridgehead atoms. The minimum absolute atomic E-state index is 0.0622. The number of carbonyl (C=O) groups is 1. The zero-order valence-corrected chi connectivity index (χ0v) is 16.2. The predicted molar refractivity (Wildman–Crippen MR) is 101 cm³/mol. The Morgan fingerprint density at radius 2 is 1.84 bits per heavy atom.